The van der Waals surface area contributed by atoms with Crippen molar-refractivity contribution < 1.29 is 9.53 Å². The van der Waals surface area contributed by atoms with Gasteiger partial charge >= 0.3 is 0 Å². The Morgan fingerprint density at radius 2 is 1.50 bits per heavy atom. The lowest BCUT2D eigenvalue weighted by Crippen LogP contribution is -2.50. The average Bonchev–Trinajstić information content (AvgIpc) is 2.92. The Kier molecular flexibility index (Phi) is 6.87. The van der Waals surface area contributed by atoms with Gasteiger partial charge in [0.05, 0.1) is 23.6 Å². The van der Waals surface area contributed by atoms with Crippen LogP contribution in [-0.4, -0.2) is 53.1 Å². The van der Waals surface area contributed by atoms with Gasteiger partial charge < -0.3 is 14.2 Å². The van der Waals surface area contributed by atoms with E-state index in [0.29, 0.717) is 30.8 Å². The summed E-state index contributed by atoms with van der Waals surface area (Å²) in [6.45, 7) is 5.00. The van der Waals surface area contributed by atoms with Gasteiger partial charge in [0.2, 0.25) is 5.43 Å². The van der Waals surface area contributed by atoms with Crippen molar-refractivity contribution in [2.75, 3.05) is 32.8 Å². The van der Waals surface area contributed by atoms with Crippen LogP contribution in [0.2, 0.25) is 0 Å². The molecule has 1 saturated heterocycles. The van der Waals surface area contributed by atoms with Gasteiger partial charge in [-0.3, -0.25) is 14.5 Å². The Balaban J connectivity index is 1.39. The summed E-state index contributed by atoms with van der Waals surface area (Å²) in [4.78, 5) is 31.1. The molecule has 1 fully saturated rings. The fourth-order valence-corrected chi connectivity index (χ4v) is 5.12. The second-order valence-electron chi connectivity index (χ2n) is 9.15. The van der Waals surface area contributed by atoms with Gasteiger partial charge in [-0.15, -0.1) is 0 Å². The standard InChI is InChI=1S/C30H31N3O3/c1-3-36-24-14-15-27-25(20-24)29(34)26(21-31(27)2)30(35)33-18-16-32(17-19-33)28(22-10-6-4-7-11-22)23-12-8-5-9-13-23/h4-15,20-21,28H,3,16-19H2,1-2H3. The molecule has 5 rings (SSSR count). The van der Waals surface area contributed by atoms with E-state index in [-0.39, 0.29) is 22.9 Å². The maximum Gasteiger partial charge on any atom is 0.259 e. The number of rotatable bonds is 6. The molecule has 2 heterocycles. The van der Waals surface area contributed by atoms with E-state index in [1.54, 1.807) is 17.2 Å². The number of aryl methyl sites for hydroxylation is 1. The van der Waals surface area contributed by atoms with Crippen LogP contribution in [0.3, 0.4) is 0 Å². The first-order chi connectivity index (χ1) is 17.6. The molecule has 0 N–H and O–H groups in total. The highest BCUT2D eigenvalue weighted by molar-refractivity contribution is 5.97. The molecule has 0 radical (unpaired) electrons. The Hall–Kier alpha value is -3.90. The molecule has 36 heavy (non-hydrogen) atoms. The minimum Gasteiger partial charge on any atom is -0.494 e. The largest absolute Gasteiger partial charge is 0.494 e. The average molecular weight is 482 g/mol. The molecule has 0 spiro atoms. The summed E-state index contributed by atoms with van der Waals surface area (Å²) in [6.07, 6.45) is 1.66. The Labute approximate surface area is 211 Å². The molecule has 0 saturated carbocycles. The van der Waals surface area contributed by atoms with Crippen molar-refractivity contribution in [3.05, 3.63) is 112 Å². The summed E-state index contributed by atoms with van der Waals surface area (Å²) in [5, 5.41) is 0.501. The van der Waals surface area contributed by atoms with Crippen LogP contribution >= 0.6 is 0 Å². The van der Waals surface area contributed by atoms with E-state index < -0.39 is 0 Å². The fourth-order valence-electron chi connectivity index (χ4n) is 5.12. The maximum absolute atomic E-state index is 13.5. The predicted octanol–water partition coefficient (Wildman–Crippen LogP) is 4.48. The third kappa shape index (κ3) is 4.64. The molecule has 0 bridgehead atoms. The van der Waals surface area contributed by atoms with Crippen LogP contribution in [0.15, 0.2) is 89.9 Å². The zero-order chi connectivity index (χ0) is 25.1. The Morgan fingerprint density at radius 1 is 0.889 bits per heavy atom. The van der Waals surface area contributed by atoms with Crippen LogP contribution in [0.4, 0.5) is 0 Å². The van der Waals surface area contributed by atoms with Crippen molar-refractivity contribution in [3.63, 3.8) is 0 Å². The number of carbonyl (C=O) groups excluding carboxylic acids is 1. The van der Waals surface area contributed by atoms with Gasteiger partial charge in [0, 0.05) is 39.4 Å². The number of ether oxygens (including phenoxy) is 1. The first-order valence-corrected chi connectivity index (χ1v) is 12.5. The van der Waals surface area contributed by atoms with Gasteiger partial charge in [0.15, 0.2) is 0 Å². The first kappa shape index (κ1) is 23.8. The molecule has 3 aromatic carbocycles. The molecule has 6 nitrogen and oxygen atoms in total. The Bertz CT molecular complexity index is 1370. The maximum atomic E-state index is 13.5. The lowest BCUT2D eigenvalue weighted by Gasteiger charge is -2.39. The normalized spacial score (nSPS) is 14.4. The van der Waals surface area contributed by atoms with Crippen molar-refractivity contribution >= 4 is 16.8 Å². The number of hydrogen-bond acceptors (Lipinski definition) is 4. The van der Waals surface area contributed by atoms with Crippen molar-refractivity contribution in [2.45, 2.75) is 13.0 Å². The molecule has 0 unspecified atom stereocenters. The van der Waals surface area contributed by atoms with Gasteiger partial charge in [0.25, 0.3) is 5.91 Å². The van der Waals surface area contributed by atoms with Gasteiger partial charge in [0.1, 0.15) is 11.3 Å². The van der Waals surface area contributed by atoms with Crippen LogP contribution in [0.1, 0.15) is 34.5 Å². The number of aromatic nitrogens is 1. The highest BCUT2D eigenvalue weighted by Crippen LogP contribution is 2.29. The highest BCUT2D eigenvalue weighted by Gasteiger charge is 2.29. The summed E-state index contributed by atoms with van der Waals surface area (Å²) in [7, 11) is 1.86. The summed E-state index contributed by atoms with van der Waals surface area (Å²) in [5.41, 5.74) is 3.20. The van der Waals surface area contributed by atoms with Gasteiger partial charge in [-0.1, -0.05) is 60.7 Å². The molecule has 4 aromatic rings. The van der Waals surface area contributed by atoms with E-state index in [0.717, 1.165) is 18.6 Å². The zero-order valence-corrected chi connectivity index (χ0v) is 20.8. The number of piperazine rings is 1. The molecular weight excluding hydrogens is 450 g/mol. The highest BCUT2D eigenvalue weighted by atomic mass is 16.5. The predicted molar refractivity (Wildman–Crippen MR) is 143 cm³/mol. The number of nitrogens with zero attached hydrogens (tertiary/aromatic N) is 3. The smallest absolute Gasteiger partial charge is 0.259 e. The molecule has 1 aliphatic rings. The van der Waals surface area contributed by atoms with Crippen LogP contribution < -0.4 is 10.2 Å². The third-order valence-corrected chi connectivity index (χ3v) is 6.90. The quantitative estimate of drug-likeness (QED) is 0.407. The number of benzene rings is 3. The van der Waals surface area contributed by atoms with E-state index in [9.17, 15) is 9.59 Å². The summed E-state index contributed by atoms with van der Waals surface area (Å²) >= 11 is 0. The monoisotopic (exact) mass is 481 g/mol. The van der Waals surface area contributed by atoms with Gasteiger partial charge in [-0.2, -0.15) is 0 Å². The van der Waals surface area contributed by atoms with Crippen LogP contribution in [0.25, 0.3) is 10.9 Å². The molecule has 0 aliphatic carbocycles. The molecule has 1 aromatic heterocycles. The van der Waals surface area contributed by atoms with Crippen molar-refractivity contribution in [1.82, 2.24) is 14.4 Å². The molecule has 0 atom stereocenters. The van der Waals surface area contributed by atoms with E-state index in [4.69, 9.17) is 4.74 Å². The molecular formula is C30H31N3O3. The SMILES string of the molecule is CCOc1ccc2c(c1)c(=O)c(C(=O)N1CCN(C(c3ccccc3)c3ccccc3)CC1)cn2C. The molecule has 6 heteroatoms. The lowest BCUT2D eigenvalue weighted by atomic mass is 9.96. The number of fused-ring (bicyclic) bond motifs is 1. The number of carbonyl (C=O) groups is 1. The molecule has 1 amide bonds. The van der Waals surface area contributed by atoms with E-state index in [1.165, 1.54) is 11.1 Å². The van der Waals surface area contributed by atoms with Gasteiger partial charge in [-0.25, -0.2) is 0 Å². The Morgan fingerprint density at radius 3 is 2.08 bits per heavy atom. The van der Waals surface area contributed by atoms with Crippen molar-refractivity contribution in [3.8, 4) is 5.75 Å². The first-order valence-electron chi connectivity index (χ1n) is 12.5. The van der Waals surface area contributed by atoms with E-state index >= 15 is 0 Å². The summed E-state index contributed by atoms with van der Waals surface area (Å²) < 4.78 is 7.43. The third-order valence-electron chi connectivity index (χ3n) is 6.90. The zero-order valence-electron chi connectivity index (χ0n) is 20.8. The second-order valence-corrected chi connectivity index (χ2v) is 9.15. The minimum absolute atomic E-state index is 0.121. The van der Waals surface area contributed by atoms with E-state index in [1.807, 2.05) is 42.8 Å². The minimum atomic E-state index is -0.247. The second kappa shape index (κ2) is 10.4. The van der Waals surface area contributed by atoms with E-state index in [2.05, 4.69) is 53.4 Å². The fraction of sp³-hybridized carbons (Fsp3) is 0.267. The topological polar surface area (TPSA) is 54.8 Å². The lowest BCUT2D eigenvalue weighted by molar-refractivity contribution is 0.0595. The number of amides is 1. The van der Waals surface area contributed by atoms with Crippen LogP contribution in [0.5, 0.6) is 5.75 Å². The number of hydrogen-bond donors (Lipinski definition) is 0. The molecule has 1 aliphatic heterocycles. The van der Waals surface area contributed by atoms with Crippen molar-refractivity contribution in [1.29, 1.82) is 0 Å². The van der Waals surface area contributed by atoms with Crippen LogP contribution in [0, 0.1) is 0 Å². The van der Waals surface area contributed by atoms with Crippen molar-refractivity contribution in [2.24, 2.45) is 7.05 Å². The summed E-state index contributed by atoms with van der Waals surface area (Å²) in [5.74, 6) is 0.420. The summed E-state index contributed by atoms with van der Waals surface area (Å²) in [6, 6.07) is 26.5. The van der Waals surface area contributed by atoms with Crippen LogP contribution in [-0.2, 0) is 7.05 Å². The number of pyridine rings is 1. The van der Waals surface area contributed by atoms with Gasteiger partial charge in [-0.05, 0) is 36.2 Å². The molecule has 184 valence electrons.